The summed E-state index contributed by atoms with van der Waals surface area (Å²) in [6.45, 7) is -9.40. The second-order valence-corrected chi connectivity index (χ2v) is 17.8. The van der Waals surface area contributed by atoms with E-state index >= 15 is 0 Å². The summed E-state index contributed by atoms with van der Waals surface area (Å²) in [6.07, 6.45) is -4.95. The van der Waals surface area contributed by atoms with Crippen LogP contribution in [0.1, 0.15) is 12.5 Å². The van der Waals surface area contributed by atoms with Crippen LogP contribution in [0.3, 0.4) is 0 Å². The van der Waals surface area contributed by atoms with Gasteiger partial charge in [-0.05, 0) is 0 Å². The van der Waals surface area contributed by atoms with Crippen molar-refractivity contribution < 1.29 is 42.1 Å². The third-order valence-corrected chi connectivity index (χ3v) is 12.3. The maximum Gasteiger partial charge on any atom is 0.386 e. The van der Waals surface area contributed by atoms with Gasteiger partial charge in [0.1, 0.15) is 59.3 Å². The van der Waals surface area contributed by atoms with Crippen LogP contribution in [0.2, 0.25) is 0 Å². The number of carbonyl (C=O) groups excluding carboxylic acids is 1. The molecule has 0 aromatic carbocycles. The van der Waals surface area contributed by atoms with Gasteiger partial charge in [0.2, 0.25) is 0 Å². The molecule has 4 aromatic rings. The zero-order chi connectivity index (χ0) is 31.8. The molecule has 0 aliphatic carbocycles. The number of nitrogen functional groups attached to an aromatic ring is 2. The summed E-state index contributed by atoms with van der Waals surface area (Å²) in [7, 11) is 0. The molecule has 19 nitrogen and oxygen atoms in total. The van der Waals surface area contributed by atoms with E-state index in [0.717, 1.165) is 22.2 Å². The highest BCUT2D eigenvalue weighted by Crippen LogP contribution is 2.59. The lowest BCUT2D eigenvalue weighted by Crippen LogP contribution is -2.36. The van der Waals surface area contributed by atoms with Crippen molar-refractivity contribution in [2.24, 2.45) is 5.92 Å². The van der Waals surface area contributed by atoms with Crippen LogP contribution in [0.25, 0.3) is 21.5 Å². The minimum Gasteiger partial charge on any atom is -0.386 e. The first-order chi connectivity index (χ1) is 21.3. The van der Waals surface area contributed by atoms with Gasteiger partial charge in [0.15, 0.2) is 29.1 Å². The Kier molecular flexibility index (Phi) is 7.84. The van der Waals surface area contributed by atoms with Crippen molar-refractivity contribution in [3.8, 4) is 0 Å². The van der Waals surface area contributed by atoms with Gasteiger partial charge in [-0.3, -0.25) is 32.3 Å². The highest BCUT2D eigenvalue weighted by atomic mass is 32.7. The number of Topliss-reactive ketones (excluding diaryl/α,β-unsaturated/α-hetero) is 1. The summed E-state index contributed by atoms with van der Waals surface area (Å²) in [5.41, 5.74) is 12.4. The Morgan fingerprint density at radius 3 is 2.47 bits per heavy atom. The molecule has 4 unspecified atom stereocenters. The minimum atomic E-state index is -4.36. The van der Waals surface area contributed by atoms with E-state index in [2.05, 4.69) is 49.4 Å². The van der Waals surface area contributed by atoms with E-state index in [1.807, 2.05) is 0 Å². The maximum atomic E-state index is 13.7. The quantitative estimate of drug-likeness (QED) is 0.142. The molecule has 7 heterocycles. The molecule has 4 aromatic heterocycles. The number of nitrogens with zero attached hydrogens (tertiary/aromatic N) is 7. The molecule has 45 heavy (non-hydrogen) atoms. The van der Waals surface area contributed by atoms with E-state index in [0.29, 0.717) is 0 Å². The van der Waals surface area contributed by atoms with E-state index in [4.69, 9.17) is 34.5 Å². The third-order valence-electron chi connectivity index (χ3n) is 7.49. The topological polar surface area (TPSA) is 261 Å². The summed E-state index contributed by atoms with van der Waals surface area (Å²) in [6, 6.07) is 0. The number of aliphatic hydroxyl groups is 1. The fraction of sp³-hybridized carbons (Fsp3) is 0.476. The van der Waals surface area contributed by atoms with Crippen LogP contribution in [-0.4, -0.2) is 88.7 Å². The van der Waals surface area contributed by atoms with Crippen molar-refractivity contribution in [1.82, 2.24) is 34.1 Å². The highest BCUT2D eigenvalue weighted by Gasteiger charge is 2.53. The van der Waals surface area contributed by atoms with Gasteiger partial charge in [0.05, 0.1) is 25.5 Å². The molecular weight excluding hydrogens is 696 g/mol. The number of hydrogen-bond donors (Lipinski definition) is 5. The fourth-order valence-corrected chi connectivity index (χ4v) is 9.87. The lowest BCUT2D eigenvalue weighted by atomic mass is 10.0. The number of aliphatic hydroxyl groups excluding tert-OH is 1. The average Bonchev–Trinajstić information content (AvgIpc) is 3.71. The molecule has 3 fully saturated rings. The number of fused-ring (bicyclic) bond motifs is 5. The summed E-state index contributed by atoms with van der Waals surface area (Å²) >= 11 is 9.04. The molecule has 5 N–H and O–H groups in total. The lowest BCUT2D eigenvalue weighted by molar-refractivity contribution is -0.125. The van der Waals surface area contributed by atoms with E-state index in [-0.39, 0.29) is 33.1 Å². The van der Waals surface area contributed by atoms with Crippen LogP contribution in [0.5, 0.6) is 0 Å². The van der Waals surface area contributed by atoms with Crippen molar-refractivity contribution in [2.75, 3.05) is 30.8 Å². The number of hydrogen-bond acceptors (Lipinski definition) is 18. The maximum absolute atomic E-state index is 13.7. The van der Waals surface area contributed by atoms with Gasteiger partial charge in [-0.1, -0.05) is 35.8 Å². The van der Waals surface area contributed by atoms with Crippen molar-refractivity contribution >= 4 is 88.1 Å². The Hall–Kier alpha value is -2.49. The number of thiol groups is 2. The van der Waals surface area contributed by atoms with E-state index < -0.39 is 86.2 Å². The molecule has 0 amide bonds. The molecule has 240 valence electrons. The Balaban J connectivity index is 1.22. The average molecular weight is 720 g/mol. The van der Waals surface area contributed by atoms with E-state index in [1.54, 1.807) is 0 Å². The van der Waals surface area contributed by atoms with Gasteiger partial charge >= 0.3 is 11.7 Å². The summed E-state index contributed by atoms with van der Waals surface area (Å²) in [4.78, 5) is 46.1. The SMILES string of the molecule is Nc1ncnc2c1ncn2[C@@H]1O[C@@H]2CO[P@](=O)(S)OC3C(CO[P@](=O)(S)CC1C2=O)O[C@@H](n1c(=O)sc2c(N)ncnc21)C3O. The molecule has 0 radical (unpaired) electrons. The molecule has 2 bridgehead atoms. The molecule has 7 rings (SSSR count). The number of imidazole rings is 1. The second kappa shape index (κ2) is 11.3. The fourth-order valence-electron chi connectivity index (χ4n) is 5.46. The van der Waals surface area contributed by atoms with Crippen molar-refractivity contribution in [3.63, 3.8) is 0 Å². The van der Waals surface area contributed by atoms with Crippen LogP contribution < -0.4 is 16.3 Å². The Morgan fingerprint density at radius 2 is 1.69 bits per heavy atom. The monoisotopic (exact) mass is 719 g/mol. The largest absolute Gasteiger partial charge is 0.386 e. The zero-order valence-electron chi connectivity index (χ0n) is 22.5. The number of anilines is 2. The molecular formula is C21H23N9O10P2S3. The molecule has 3 saturated heterocycles. The third kappa shape index (κ3) is 5.50. The molecule has 0 spiro atoms. The van der Waals surface area contributed by atoms with Crippen molar-refractivity contribution in [1.29, 1.82) is 0 Å². The summed E-state index contributed by atoms with van der Waals surface area (Å²) < 4.78 is 58.6. The van der Waals surface area contributed by atoms with Gasteiger partial charge < -0.3 is 30.6 Å². The molecule has 24 heteroatoms. The number of thiazole rings is 1. The Bertz CT molecular complexity index is 1990. The second-order valence-electron chi connectivity index (χ2n) is 10.3. The van der Waals surface area contributed by atoms with E-state index in [9.17, 15) is 23.8 Å². The first-order valence-electron chi connectivity index (χ1n) is 13.0. The summed E-state index contributed by atoms with van der Waals surface area (Å²) in [5, 5.41) is 11.3. The smallest absolute Gasteiger partial charge is 0.386 e. The zero-order valence-corrected chi connectivity index (χ0v) is 26.9. The van der Waals surface area contributed by atoms with Crippen molar-refractivity contribution in [3.05, 3.63) is 28.6 Å². The van der Waals surface area contributed by atoms with Crippen LogP contribution in [-0.2, 0) is 37.0 Å². The van der Waals surface area contributed by atoms with Gasteiger partial charge in [0.25, 0.3) is 6.57 Å². The Morgan fingerprint density at radius 1 is 0.956 bits per heavy atom. The predicted octanol–water partition coefficient (Wildman–Crippen LogP) is 0.791. The van der Waals surface area contributed by atoms with Crippen LogP contribution in [0.4, 0.5) is 11.6 Å². The van der Waals surface area contributed by atoms with Crippen LogP contribution in [0.15, 0.2) is 23.8 Å². The molecule has 0 saturated carbocycles. The Labute approximate surface area is 265 Å². The summed E-state index contributed by atoms with van der Waals surface area (Å²) in [5.74, 6) is -1.52. The first-order valence-corrected chi connectivity index (χ1v) is 19.5. The number of carbonyl (C=O) groups is 1. The number of aromatic nitrogens is 7. The van der Waals surface area contributed by atoms with E-state index in [1.165, 1.54) is 17.2 Å². The lowest BCUT2D eigenvalue weighted by Gasteiger charge is -2.26. The number of rotatable bonds is 2. The molecule has 3 aliphatic heterocycles. The number of nitrogens with two attached hydrogens (primary N) is 2. The number of ether oxygens (including phenoxy) is 2. The van der Waals surface area contributed by atoms with Gasteiger partial charge in [-0.2, -0.15) is 0 Å². The highest BCUT2D eigenvalue weighted by molar-refractivity contribution is 8.46. The first kappa shape index (κ1) is 31.1. The van der Waals surface area contributed by atoms with Crippen LogP contribution >= 0.6 is 49.2 Å². The molecule has 3 aliphatic rings. The van der Waals surface area contributed by atoms with Crippen LogP contribution in [0, 0.1) is 5.92 Å². The normalized spacial score (nSPS) is 36.1. The predicted molar refractivity (Wildman–Crippen MR) is 163 cm³/mol. The standard InChI is InChI=1S/C21H23N9O10P2S3/c22-15-10-17(26-4-24-15)29(6-28-10)19-7-3-41(34,43)36-2-9-13(40-42(35,44)37-1-8(38-19)11(7)31)12(32)20(39-9)30-18-14(45-21(30)33)16(23)25-5-27-18/h4-9,12-13,19-20,32H,1-3H2,(H,34,43)(H,35,44)(H2,22,24,26)(H2,23,25,27)/t7?,8-,9?,12?,13?,19-,20-,41+,42+/m1/s1. The number of ketones is 1. The van der Waals surface area contributed by atoms with Gasteiger partial charge in [-0.25, -0.2) is 29.5 Å². The van der Waals surface area contributed by atoms with Gasteiger partial charge in [-0.15, -0.1) is 0 Å². The van der Waals surface area contributed by atoms with Gasteiger partial charge in [0, 0.05) is 6.16 Å². The molecule has 9 atom stereocenters. The van der Waals surface area contributed by atoms with Crippen molar-refractivity contribution in [2.45, 2.75) is 36.9 Å². The minimum absolute atomic E-state index is 0.0454.